The van der Waals surface area contributed by atoms with Gasteiger partial charge in [-0.25, -0.2) is 4.39 Å². The van der Waals surface area contributed by atoms with E-state index in [0.717, 1.165) is 0 Å². The van der Waals surface area contributed by atoms with Crippen LogP contribution in [0.2, 0.25) is 0 Å². The standard InChI is InChI=1S/C18H22FN3O3/c1-17(2,3)16(23)22-10-9-18(19,11-22)15-20-14(21-25-15)12-5-7-13(24-4)8-6-12/h5-8H,9-11H2,1-4H3. The van der Waals surface area contributed by atoms with Crippen LogP contribution in [0.1, 0.15) is 33.1 Å². The Morgan fingerprint density at radius 3 is 2.60 bits per heavy atom. The molecule has 0 radical (unpaired) electrons. The lowest BCUT2D eigenvalue weighted by Gasteiger charge is -2.26. The number of carbonyl (C=O) groups excluding carboxylic acids is 1. The molecule has 0 aliphatic carbocycles. The number of rotatable bonds is 3. The van der Waals surface area contributed by atoms with Gasteiger partial charge in [0.25, 0.3) is 5.89 Å². The van der Waals surface area contributed by atoms with Gasteiger partial charge in [0.15, 0.2) is 0 Å². The number of nitrogens with zero attached hydrogens (tertiary/aromatic N) is 3. The molecule has 1 saturated heterocycles. The third-order valence-corrected chi connectivity index (χ3v) is 4.31. The molecule has 6 nitrogen and oxygen atoms in total. The molecule has 1 aromatic carbocycles. The molecule has 7 heteroatoms. The summed E-state index contributed by atoms with van der Waals surface area (Å²) in [6.07, 6.45) is 0.152. The van der Waals surface area contributed by atoms with Gasteiger partial charge in [-0.1, -0.05) is 25.9 Å². The average molecular weight is 347 g/mol. The molecule has 0 spiro atoms. The fraction of sp³-hybridized carbons (Fsp3) is 0.500. The summed E-state index contributed by atoms with van der Waals surface area (Å²) in [6.45, 7) is 5.74. The highest BCUT2D eigenvalue weighted by Crippen LogP contribution is 2.37. The smallest absolute Gasteiger partial charge is 0.266 e. The van der Waals surface area contributed by atoms with E-state index in [-0.39, 0.29) is 24.8 Å². The second-order valence-electron chi connectivity index (χ2n) is 7.34. The molecule has 0 N–H and O–H groups in total. The van der Waals surface area contributed by atoms with Crippen LogP contribution in [0.3, 0.4) is 0 Å². The first-order chi connectivity index (χ1) is 11.7. The summed E-state index contributed by atoms with van der Waals surface area (Å²) in [5.74, 6) is 0.862. The summed E-state index contributed by atoms with van der Waals surface area (Å²) < 4.78 is 25.6. The second-order valence-corrected chi connectivity index (χ2v) is 7.34. The number of halogens is 1. The summed E-state index contributed by atoms with van der Waals surface area (Å²) in [6, 6.07) is 7.11. The fourth-order valence-electron chi connectivity index (χ4n) is 2.86. The van der Waals surface area contributed by atoms with Crippen LogP contribution in [0.25, 0.3) is 11.4 Å². The zero-order chi connectivity index (χ0) is 18.2. The molecule has 1 aliphatic heterocycles. The van der Waals surface area contributed by atoms with Crippen molar-refractivity contribution in [1.29, 1.82) is 0 Å². The first kappa shape index (κ1) is 17.4. The van der Waals surface area contributed by atoms with E-state index in [4.69, 9.17) is 9.26 Å². The van der Waals surface area contributed by atoms with Crippen LogP contribution in [0, 0.1) is 5.41 Å². The lowest BCUT2D eigenvalue weighted by atomic mass is 9.95. The Morgan fingerprint density at radius 2 is 2.00 bits per heavy atom. The van der Waals surface area contributed by atoms with Crippen molar-refractivity contribution >= 4 is 5.91 Å². The molecule has 1 atom stereocenters. The summed E-state index contributed by atoms with van der Waals surface area (Å²) in [5, 5.41) is 3.88. The van der Waals surface area contributed by atoms with E-state index in [1.165, 1.54) is 4.90 Å². The van der Waals surface area contributed by atoms with Crippen molar-refractivity contribution in [3.8, 4) is 17.1 Å². The van der Waals surface area contributed by atoms with Crippen LogP contribution in [0.4, 0.5) is 4.39 Å². The molecule has 134 valence electrons. The number of ether oxygens (including phenoxy) is 1. The first-order valence-corrected chi connectivity index (χ1v) is 8.20. The predicted octanol–water partition coefficient (Wildman–Crippen LogP) is 3.19. The van der Waals surface area contributed by atoms with Crippen LogP contribution in [-0.4, -0.2) is 41.1 Å². The van der Waals surface area contributed by atoms with E-state index in [0.29, 0.717) is 23.7 Å². The molecule has 25 heavy (non-hydrogen) atoms. The van der Waals surface area contributed by atoms with Crippen LogP contribution < -0.4 is 4.74 Å². The van der Waals surface area contributed by atoms with Crippen molar-refractivity contribution in [3.63, 3.8) is 0 Å². The van der Waals surface area contributed by atoms with E-state index in [1.807, 2.05) is 20.8 Å². The molecule has 1 aliphatic rings. The zero-order valence-electron chi connectivity index (χ0n) is 14.9. The molecule has 1 fully saturated rings. The van der Waals surface area contributed by atoms with Crippen molar-refractivity contribution in [1.82, 2.24) is 15.0 Å². The van der Waals surface area contributed by atoms with Gasteiger partial charge in [0, 0.05) is 23.9 Å². The minimum atomic E-state index is -1.81. The second kappa shape index (κ2) is 6.13. The van der Waals surface area contributed by atoms with Gasteiger partial charge in [0.05, 0.1) is 13.7 Å². The molecular formula is C18H22FN3O3. The minimum Gasteiger partial charge on any atom is -0.497 e. The van der Waals surface area contributed by atoms with Crippen LogP contribution in [0.15, 0.2) is 28.8 Å². The number of hydrogen-bond donors (Lipinski definition) is 0. The van der Waals surface area contributed by atoms with Gasteiger partial charge in [0.2, 0.25) is 17.4 Å². The summed E-state index contributed by atoms with van der Waals surface area (Å²) in [5.41, 5.74) is -1.65. The highest BCUT2D eigenvalue weighted by Gasteiger charge is 2.47. The van der Waals surface area contributed by atoms with E-state index >= 15 is 4.39 Å². The SMILES string of the molecule is COc1ccc(-c2noc(C3(F)CCN(C(=O)C(C)(C)C)C3)n2)cc1. The van der Waals surface area contributed by atoms with Crippen molar-refractivity contribution in [3.05, 3.63) is 30.2 Å². The molecular weight excluding hydrogens is 325 g/mol. The minimum absolute atomic E-state index is 0.0622. The van der Waals surface area contributed by atoms with Crippen molar-refractivity contribution in [2.45, 2.75) is 32.9 Å². The van der Waals surface area contributed by atoms with Crippen molar-refractivity contribution < 1.29 is 18.4 Å². The number of carbonyl (C=O) groups is 1. The number of benzene rings is 1. The molecule has 0 saturated carbocycles. The average Bonchev–Trinajstić information content (AvgIpc) is 3.21. The molecule has 0 bridgehead atoms. The van der Waals surface area contributed by atoms with Crippen LogP contribution >= 0.6 is 0 Å². The summed E-state index contributed by atoms with van der Waals surface area (Å²) >= 11 is 0. The number of aromatic nitrogens is 2. The topological polar surface area (TPSA) is 68.5 Å². The highest BCUT2D eigenvalue weighted by atomic mass is 19.1. The van der Waals surface area contributed by atoms with Crippen molar-refractivity contribution in [2.24, 2.45) is 5.41 Å². The maximum Gasteiger partial charge on any atom is 0.266 e. The van der Waals surface area contributed by atoms with Gasteiger partial charge < -0.3 is 14.2 Å². The first-order valence-electron chi connectivity index (χ1n) is 8.20. The van der Waals surface area contributed by atoms with Gasteiger partial charge in [-0.2, -0.15) is 4.98 Å². The van der Waals surface area contributed by atoms with Crippen LogP contribution in [0.5, 0.6) is 5.75 Å². The third-order valence-electron chi connectivity index (χ3n) is 4.31. The molecule has 2 heterocycles. The van der Waals surface area contributed by atoms with Crippen LogP contribution in [-0.2, 0) is 10.5 Å². The zero-order valence-corrected chi connectivity index (χ0v) is 14.9. The Morgan fingerprint density at radius 1 is 1.32 bits per heavy atom. The van der Waals surface area contributed by atoms with Gasteiger partial charge in [0.1, 0.15) is 5.75 Å². The van der Waals surface area contributed by atoms with E-state index in [9.17, 15) is 4.79 Å². The lowest BCUT2D eigenvalue weighted by molar-refractivity contribution is -0.139. The molecule has 1 amide bonds. The highest BCUT2D eigenvalue weighted by molar-refractivity contribution is 5.81. The fourth-order valence-corrected chi connectivity index (χ4v) is 2.86. The Kier molecular flexibility index (Phi) is 4.26. The number of amides is 1. The largest absolute Gasteiger partial charge is 0.497 e. The maximum atomic E-state index is 15.3. The molecule has 1 unspecified atom stereocenters. The quantitative estimate of drug-likeness (QED) is 0.853. The monoisotopic (exact) mass is 347 g/mol. The Balaban J connectivity index is 1.78. The predicted molar refractivity (Wildman–Crippen MR) is 89.7 cm³/mol. The number of hydrogen-bond acceptors (Lipinski definition) is 5. The molecule has 1 aromatic heterocycles. The summed E-state index contributed by atoms with van der Waals surface area (Å²) in [4.78, 5) is 18.1. The Labute approximate surface area is 146 Å². The normalized spacial score (nSPS) is 20.8. The number of likely N-dealkylation sites (tertiary alicyclic amines) is 1. The van der Waals surface area contributed by atoms with Gasteiger partial charge in [-0.15, -0.1) is 0 Å². The Bertz CT molecular complexity index is 767. The van der Waals surface area contributed by atoms with Gasteiger partial charge in [-0.3, -0.25) is 4.79 Å². The molecule has 2 aromatic rings. The van der Waals surface area contributed by atoms with Gasteiger partial charge in [-0.05, 0) is 24.3 Å². The van der Waals surface area contributed by atoms with E-state index in [2.05, 4.69) is 10.1 Å². The Hall–Kier alpha value is -2.44. The van der Waals surface area contributed by atoms with Gasteiger partial charge >= 0.3 is 0 Å². The van der Waals surface area contributed by atoms with E-state index < -0.39 is 11.1 Å². The number of alkyl halides is 1. The molecule has 3 rings (SSSR count). The van der Waals surface area contributed by atoms with E-state index in [1.54, 1.807) is 31.4 Å². The maximum absolute atomic E-state index is 15.3. The summed E-state index contributed by atoms with van der Waals surface area (Å²) in [7, 11) is 1.58. The third kappa shape index (κ3) is 3.36. The number of methoxy groups -OCH3 is 1. The van der Waals surface area contributed by atoms with Crippen molar-refractivity contribution in [2.75, 3.05) is 20.2 Å². The lowest BCUT2D eigenvalue weighted by Crippen LogP contribution is -2.39.